The Labute approximate surface area is 172 Å². The first-order chi connectivity index (χ1) is 14.1. The summed E-state index contributed by atoms with van der Waals surface area (Å²) in [6, 6.07) is 4.06. The largest absolute Gasteiger partial charge is 0.490 e. The summed E-state index contributed by atoms with van der Waals surface area (Å²) < 4.78 is 48.3. The maximum absolute atomic E-state index is 12.3. The number of methoxy groups -OCH3 is 1. The molecule has 0 radical (unpaired) electrons. The van der Waals surface area contributed by atoms with E-state index in [2.05, 4.69) is 11.9 Å². The van der Waals surface area contributed by atoms with Crippen LogP contribution < -0.4 is 0 Å². The van der Waals surface area contributed by atoms with Crippen LogP contribution in [0.4, 0.5) is 13.2 Å². The van der Waals surface area contributed by atoms with Gasteiger partial charge in [0, 0.05) is 32.7 Å². The summed E-state index contributed by atoms with van der Waals surface area (Å²) in [5.41, 5.74) is 0. The molecule has 0 saturated carbocycles. The minimum Gasteiger partial charge on any atom is -0.475 e. The van der Waals surface area contributed by atoms with Crippen molar-refractivity contribution in [2.24, 2.45) is 5.92 Å². The number of ether oxygens (including phenoxy) is 2. The Morgan fingerprint density at radius 3 is 2.63 bits per heavy atom. The van der Waals surface area contributed by atoms with E-state index in [1.54, 1.807) is 13.4 Å². The van der Waals surface area contributed by atoms with Crippen LogP contribution >= 0.6 is 0 Å². The molecule has 1 aromatic rings. The van der Waals surface area contributed by atoms with Gasteiger partial charge in [0.15, 0.2) is 0 Å². The lowest BCUT2D eigenvalue weighted by Gasteiger charge is -2.48. The number of nitrogens with zero attached hydrogens (tertiary/aromatic N) is 2. The van der Waals surface area contributed by atoms with Gasteiger partial charge in [-0.05, 0) is 32.0 Å². The number of carbonyl (C=O) groups is 2. The van der Waals surface area contributed by atoms with Gasteiger partial charge < -0.3 is 23.9 Å². The molecule has 3 rings (SSSR count). The van der Waals surface area contributed by atoms with Gasteiger partial charge in [0.1, 0.15) is 12.4 Å². The van der Waals surface area contributed by atoms with Gasteiger partial charge in [0.05, 0.1) is 25.0 Å². The van der Waals surface area contributed by atoms with Crippen LogP contribution in [0.1, 0.15) is 18.6 Å². The number of carboxylic acid groups (broad SMARTS) is 1. The molecule has 170 valence electrons. The Bertz CT molecular complexity index is 682. The van der Waals surface area contributed by atoms with Crippen molar-refractivity contribution < 1.29 is 41.8 Å². The van der Waals surface area contributed by atoms with Gasteiger partial charge >= 0.3 is 12.1 Å². The van der Waals surface area contributed by atoms with Gasteiger partial charge in [-0.1, -0.05) is 0 Å². The summed E-state index contributed by atoms with van der Waals surface area (Å²) in [5.74, 6) is -1.36. The number of rotatable bonds is 5. The SMILES string of the molecule is COCC(=O)N1C[C@@H]2CCCO[C@@H]2[C@H](N(C)Cc2ccco2)C1.O=C(O)C(F)(F)F. The van der Waals surface area contributed by atoms with Crippen molar-refractivity contribution in [2.45, 2.75) is 37.7 Å². The van der Waals surface area contributed by atoms with Crippen LogP contribution in [0.3, 0.4) is 0 Å². The molecule has 0 aliphatic carbocycles. The topological polar surface area (TPSA) is 92.5 Å². The molecule has 0 spiro atoms. The number of carboxylic acids is 1. The van der Waals surface area contributed by atoms with Crippen LogP contribution in [-0.4, -0.2) is 85.6 Å². The van der Waals surface area contributed by atoms with E-state index in [-0.39, 0.29) is 24.7 Å². The van der Waals surface area contributed by atoms with Crippen LogP contribution in [0.25, 0.3) is 0 Å². The normalized spacial score (nSPS) is 24.1. The quantitative estimate of drug-likeness (QED) is 0.755. The molecule has 2 aliphatic heterocycles. The second kappa shape index (κ2) is 10.8. The second-order valence-corrected chi connectivity index (χ2v) is 7.33. The molecule has 11 heteroatoms. The molecule has 2 fully saturated rings. The minimum atomic E-state index is -5.08. The summed E-state index contributed by atoms with van der Waals surface area (Å²) in [5, 5.41) is 7.12. The van der Waals surface area contributed by atoms with E-state index in [9.17, 15) is 18.0 Å². The van der Waals surface area contributed by atoms with Gasteiger partial charge in [-0.2, -0.15) is 13.2 Å². The molecular weight excluding hydrogens is 409 g/mol. The molecule has 1 amide bonds. The third-order valence-corrected chi connectivity index (χ3v) is 5.15. The molecule has 0 bridgehead atoms. The zero-order valence-corrected chi connectivity index (χ0v) is 16.9. The van der Waals surface area contributed by atoms with Crippen LogP contribution in [0.15, 0.2) is 22.8 Å². The predicted octanol–water partition coefficient (Wildman–Crippen LogP) is 2.00. The molecule has 0 unspecified atom stereocenters. The van der Waals surface area contributed by atoms with Crippen molar-refractivity contribution in [1.82, 2.24) is 9.80 Å². The molecule has 30 heavy (non-hydrogen) atoms. The first-order valence-electron chi connectivity index (χ1n) is 9.54. The molecule has 1 aromatic heterocycles. The highest BCUT2D eigenvalue weighted by molar-refractivity contribution is 5.77. The first kappa shape index (κ1) is 24.2. The number of hydrogen-bond acceptors (Lipinski definition) is 6. The summed E-state index contributed by atoms with van der Waals surface area (Å²) >= 11 is 0. The van der Waals surface area contributed by atoms with E-state index in [0.717, 1.165) is 38.3 Å². The van der Waals surface area contributed by atoms with Crippen molar-refractivity contribution in [3.8, 4) is 0 Å². The van der Waals surface area contributed by atoms with Gasteiger partial charge in [-0.25, -0.2) is 4.79 Å². The number of fused-ring (bicyclic) bond motifs is 1. The van der Waals surface area contributed by atoms with E-state index in [1.165, 1.54) is 0 Å². The predicted molar refractivity (Wildman–Crippen MR) is 98.6 cm³/mol. The van der Waals surface area contributed by atoms with Crippen LogP contribution in [0.2, 0.25) is 0 Å². The Morgan fingerprint density at radius 2 is 2.07 bits per heavy atom. The van der Waals surface area contributed by atoms with E-state index in [0.29, 0.717) is 12.5 Å². The maximum atomic E-state index is 12.3. The third kappa shape index (κ3) is 6.71. The lowest BCUT2D eigenvalue weighted by atomic mass is 9.84. The Balaban J connectivity index is 0.000000396. The Morgan fingerprint density at radius 1 is 1.37 bits per heavy atom. The van der Waals surface area contributed by atoms with Crippen molar-refractivity contribution in [1.29, 1.82) is 0 Å². The summed E-state index contributed by atoms with van der Waals surface area (Å²) in [4.78, 5) is 25.4. The van der Waals surface area contributed by atoms with Gasteiger partial charge in [0.25, 0.3) is 0 Å². The smallest absolute Gasteiger partial charge is 0.475 e. The fourth-order valence-electron chi connectivity index (χ4n) is 3.75. The number of aliphatic carboxylic acids is 1. The monoisotopic (exact) mass is 436 g/mol. The molecule has 2 aliphatic rings. The zero-order valence-electron chi connectivity index (χ0n) is 16.9. The van der Waals surface area contributed by atoms with Crippen molar-refractivity contribution in [2.75, 3.05) is 40.5 Å². The lowest BCUT2D eigenvalue weighted by molar-refractivity contribution is -0.192. The Hall–Kier alpha value is -2.11. The molecule has 8 nitrogen and oxygen atoms in total. The number of hydrogen-bond donors (Lipinski definition) is 1. The van der Waals surface area contributed by atoms with E-state index < -0.39 is 12.1 Å². The lowest BCUT2D eigenvalue weighted by Crippen LogP contribution is -2.61. The average molecular weight is 436 g/mol. The van der Waals surface area contributed by atoms with Crippen LogP contribution in [0.5, 0.6) is 0 Å². The molecular formula is C19H27F3N2O6. The molecule has 3 heterocycles. The maximum Gasteiger partial charge on any atom is 0.490 e. The second-order valence-electron chi connectivity index (χ2n) is 7.33. The summed E-state index contributed by atoms with van der Waals surface area (Å²) in [7, 11) is 3.64. The number of halogens is 3. The first-order valence-corrected chi connectivity index (χ1v) is 9.54. The highest BCUT2D eigenvalue weighted by atomic mass is 19.4. The number of furan rings is 1. The standard InChI is InChI=1S/C17H26N2O4.C2HF3O2/c1-18(10-14-6-4-7-22-14)15-11-19(16(20)12-21-2)9-13-5-3-8-23-17(13)15;3-2(4,5)1(6)7/h4,6-7,13,15,17H,3,5,8-12H2,1-2H3;(H,6,7)/t13-,15+,17-;/m0./s1. The van der Waals surface area contributed by atoms with Crippen molar-refractivity contribution in [3.05, 3.63) is 24.2 Å². The molecule has 2 saturated heterocycles. The fraction of sp³-hybridized carbons (Fsp3) is 0.684. The number of piperidine rings is 1. The number of carbonyl (C=O) groups excluding carboxylic acids is 1. The highest BCUT2D eigenvalue weighted by Crippen LogP contribution is 2.31. The van der Waals surface area contributed by atoms with Crippen LogP contribution in [-0.2, 0) is 25.6 Å². The van der Waals surface area contributed by atoms with Crippen LogP contribution in [0, 0.1) is 5.92 Å². The summed E-state index contributed by atoms with van der Waals surface area (Å²) in [6.07, 6.45) is -1.01. The molecule has 1 N–H and O–H groups in total. The molecule has 3 atom stereocenters. The number of alkyl halides is 3. The van der Waals surface area contributed by atoms with Crippen molar-refractivity contribution >= 4 is 11.9 Å². The van der Waals surface area contributed by atoms with Gasteiger partial charge in [0.2, 0.25) is 5.91 Å². The van der Waals surface area contributed by atoms with Gasteiger partial charge in [-0.3, -0.25) is 9.69 Å². The third-order valence-electron chi connectivity index (χ3n) is 5.15. The van der Waals surface area contributed by atoms with Gasteiger partial charge in [-0.15, -0.1) is 0 Å². The van der Waals surface area contributed by atoms with E-state index >= 15 is 0 Å². The zero-order chi connectivity index (χ0) is 22.3. The highest BCUT2D eigenvalue weighted by Gasteiger charge is 2.42. The van der Waals surface area contributed by atoms with E-state index in [1.807, 2.05) is 17.0 Å². The fourth-order valence-corrected chi connectivity index (χ4v) is 3.75. The number of likely N-dealkylation sites (N-methyl/N-ethyl adjacent to an activating group) is 1. The summed E-state index contributed by atoms with van der Waals surface area (Å²) in [6.45, 7) is 3.14. The van der Waals surface area contributed by atoms with Crippen molar-refractivity contribution in [3.63, 3.8) is 0 Å². The molecule has 0 aromatic carbocycles. The number of likely N-dealkylation sites (tertiary alicyclic amines) is 1. The Kier molecular flexibility index (Phi) is 8.68. The average Bonchev–Trinajstić information content (AvgIpc) is 3.20. The number of amides is 1. The van der Waals surface area contributed by atoms with E-state index in [4.69, 9.17) is 23.8 Å². The minimum absolute atomic E-state index is 0.0629.